The minimum Gasteiger partial charge on any atom is -0.389 e. The van der Waals surface area contributed by atoms with E-state index >= 15 is 0 Å². The van der Waals surface area contributed by atoms with Crippen LogP contribution in [0.5, 0.6) is 0 Å². The Morgan fingerprint density at radius 1 is 1.43 bits per heavy atom. The van der Waals surface area contributed by atoms with Crippen LogP contribution < -0.4 is 5.32 Å². The lowest BCUT2D eigenvalue weighted by Gasteiger charge is -2.33. The maximum absolute atomic E-state index is 10.7. The highest BCUT2D eigenvalue weighted by atomic mass is 32.1. The van der Waals surface area contributed by atoms with Gasteiger partial charge in [0.2, 0.25) is 0 Å². The molecule has 1 fully saturated rings. The SMILES string of the molecule is Cn1ccnc1C(NCC1(O)CCCCC1)c1cccs1. The number of thiophene rings is 1. The molecule has 2 heterocycles. The number of hydrogen-bond donors (Lipinski definition) is 2. The molecule has 0 radical (unpaired) electrons. The summed E-state index contributed by atoms with van der Waals surface area (Å²) in [6.07, 6.45) is 9.10. The van der Waals surface area contributed by atoms with Crippen molar-refractivity contribution in [3.05, 3.63) is 40.6 Å². The number of nitrogens with one attached hydrogen (secondary N) is 1. The lowest BCUT2D eigenvalue weighted by molar-refractivity contribution is 0.00334. The van der Waals surface area contributed by atoms with Crippen LogP contribution in [0.4, 0.5) is 0 Å². The Morgan fingerprint density at radius 2 is 2.24 bits per heavy atom. The van der Waals surface area contributed by atoms with Crippen molar-refractivity contribution in [1.82, 2.24) is 14.9 Å². The van der Waals surface area contributed by atoms with E-state index in [2.05, 4.69) is 27.8 Å². The van der Waals surface area contributed by atoms with Crippen molar-refractivity contribution in [2.45, 2.75) is 43.7 Å². The molecule has 1 atom stereocenters. The van der Waals surface area contributed by atoms with Crippen LogP contribution in [0, 0.1) is 0 Å². The fourth-order valence-electron chi connectivity index (χ4n) is 3.11. The second-order valence-corrected chi connectivity index (χ2v) is 6.99. The molecule has 0 amide bonds. The highest BCUT2D eigenvalue weighted by Crippen LogP contribution is 2.30. The summed E-state index contributed by atoms with van der Waals surface area (Å²) in [5, 5.41) is 16.3. The van der Waals surface area contributed by atoms with Crippen molar-refractivity contribution in [2.24, 2.45) is 7.05 Å². The molecule has 2 N–H and O–H groups in total. The molecule has 1 aliphatic rings. The first-order valence-corrected chi connectivity index (χ1v) is 8.52. The van der Waals surface area contributed by atoms with Gasteiger partial charge in [0.25, 0.3) is 0 Å². The van der Waals surface area contributed by atoms with E-state index in [1.165, 1.54) is 11.3 Å². The topological polar surface area (TPSA) is 50.1 Å². The van der Waals surface area contributed by atoms with Crippen LogP contribution in [0.25, 0.3) is 0 Å². The molecule has 5 heteroatoms. The lowest BCUT2D eigenvalue weighted by Crippen LogP contribution is -2.43. The van der Waals surface area contributed by atoms with Gasteiger partial charge in [-0.2, -0.15) is 0 Å². The standard InChI is InChI=1S/C16H23N3OS/c1-19-10-9-17-15(19)14(13-6-5-11-21-13)18-12-16(20)7-3-2-4-8-16/h5-6,9-11,14,18,20H,2-4,7-8,12H2,1H3. The van der Waals surface area contributed by atoms with Gasteiger partial charge in [-0.05, 0) is 24.3 Å². The average molecular weight is 305 g/mol. The van der Waals surface area contributed by atoms with E-state index in [1.807, 2.05) is 24.0 Å². The maximum atomic E-state index is 10.7. The molecule has 1 saturated carbocycles. The molecule has 114 valence electrons. The smallest absolute Gasteiger partial charge is 0.131 e. The zero-order chi connectivity index (χ0) is 14.7. The van der Waals surface area contributed by atoms with Crippen molar-refractivity contribution in [1.29, 1.82) is 0 Å². The number of aromatic nitrogens is 2. The number of imidazole rings is 1. The predicted octanol–water partition coefficient (Wildman–Crippen LogP) is 2.86. The molecule has 21 heavy (non-hydrogen) atoms. The lowest BCUT2D eigenvalue weighted by atomic mass is 9.84. The van der Waals surface area contributed by atoms with Crippen LogP contribution in [0.2, 0.25) is 0 Å². The molecule has 0 aliphatic heterocycles. The van der Waals surface area contributed by atoms with Gasteiger partial charge in [-0.25, -0.2) is 4.98 Å². The summed E-state index contributed by atoms with van der Waals surface area (Å²) >= 11 is 1.73. The molecular formula is C16H23N3OS. The van der Waals surface area contributed by atoms with Crippen molar-refractivity contribution in [2.75, 3.05) is 6.54 Å². The number of nitrogens with zero attached hydrogens (tertiary/aromatic N) is 2. The molecule has 3 rings (SSSR count). The van der Waals surface area contributed by atoms with Crippen LogP contribution in [0.3, 0.4) is 0 Å². The van der Waals surface area contributed by atoms with Crippen LogP contribution in [-0.4, -0.2) is 26.8 Å². The van der Waals surface area contributed by atoms with Gasteiger partial charge in [0.1, 0.15) is 11.9 Å². The highest BCUT2D eigenvalue weighted by Gasteiger charge is 2.31. The maximum Gasteiger partial charge on any atom is 0.131 e. The van der Waals surface area contributed by atoms with Gasteiger partial charge in [-0.3, -0.25) is 0 Å². The summed E-state index contributed by atoms with van der Waals surface area (Å²) < 4.78 is 2.04. The molecular weight excluding hydrogens is 282 g/mol. The molecule has 2 aromatic heterocycles. The van der Waals surface area contributed by atoms with Crippen LogP contribution in [0.1, 0.15) is 48.8 Å². The third-order valence-corrected chi connectivity index (χ3v) is 5.30. The fraction of sp³-hybridized carbons (Fsp3) is 0.562. The molecule has 1 unspecified atom stereocenters. The number of hydrogen-bond acceptors (Lipinski definition) is 4. The minimum atomic E-state index is -0.557. The van der Waals surface area contributed by atoms with E-state index < -0.39 is 5.60 Å². The van der Waals surface area contributed by atoms with Crippen LogP contribution in [-0.2, 0) is 7.05 Å². The quantitative estimate of drug-likeness (QED) is 0.893. The van der Waals surface area contributed by atoms with E-state index in [-0.39, 0.29) is 6.04 Å². The summed E-state index contributed by atoms with van der Waals surface area (Å²) in [5.41, 5.74) is -0.557. The van der Waals surface area contributed by atoms with Gasteiger partial charge >= 0.3 is 0 Å². The van der Waals surface area contributed by atoms with E-state index in [4.69, 9.17) is 0 Å². The fourth-order valence-corrected chi connectivity index (χ4v) is 3.90. The molecule has 0 aromatic carbocycles. The highest BCUT2D eigenvalue weighted by molar-refractivity contribution is 7.10. The van der Waals surface area contributed by atoms with E-state index in [1.54, 1.807) is 11.3 Å². The van der Waals surface area contributed by atoms with Gasteiger partial charge in [0.05, 0.1) is 5.60 Å². The van der Waals surface area contributed by atoms with Crippen LogP contribution >= 0.6 is 11.3 Å². The molecule has 0 bridgehead atoms. The second-order valence-electron chi connectivity index (χ2n) is 6.01. The summed E-state index contributed by atoms with van der Waals surface area (Å²) in [4.78, 5) is 5.72. The number of aryl methyl sites for hydroxylation is 1. The van der Waals surface area contributed by atoms with Gasteiger partial charge in [0.15, 0.2) is 0 Å². The third-order valence-electron chi connectivity index (χ3n) is 4.36. The Hall–Kier alpha value is -1.17. The monoisotopic (exact) mass is 305 g/mol. The van der Waals surface area contributed by atoms with Gasteiger partial charge in [-0.1, -0.05) is 25.3 Å². The second kappa shape index (κ2) is 6.30. The Morgan fingerprint density at radius 3 is 2.86 bits per heavy atom. The summed E-state index contributed by atoms with van der Waals surface area (Å²) in [6, 6.07) is 4.24. The Balaban J connectivity index is 1.76. The van der Waals surface area contributed by atoms with Gasteiger partial charge in [0, 0.05) is 30.9 Å². The van der Waals surface area contributed by atoms with Gasteiger partial charge in [-0.15, -0.1) is 11.3 Å². The third kappa shape index (κ3) is 3.36. The molecule has 1 aliphatic carbocycles. The Bertz CT molecular complexity index is 558. The normalized spacial score (nSPS) is 19.5. The summed E-state index contributed by atoms with van der Waals surface area (Å²) in [6.45, 7) is 0.627. The number of aliphatic hydroxyl groups is 1. The van der Waals surface area contributed by atoms with E-state index in [0.717, 1.165) is 31.5 Å². The van der Waals surface area contributed by atoms with Gasteiger partial charge < -0.3 is 15.0 Å². The molecule has 0 spiro atoms. The predicted molar refractivity (Wildman–Crippen MR) is 85.4 cm³/mol. The average Bonchev–Trinajstić information content (AvgIpc) is 3.13. The largest absolute Gasteiger partial charge is 0.389 e. The zero-order valence-electron chi connectivity index (χ0n) is 12.5. The molecule has 4 nitrogen and oxygen atoms in total. The first-order chi connectivity index (χ1) is 10.2. The van der Waals surface area contributed by atoms with Crippen LogP contribution in [0.15, 0.2) is 29.9 Å². The van der Waals surface area contributed by atoms with E-state index in [9.17, 15) is 5.11 Å². The molecule has 2 aromatic rings. The van der Waals surface area contributed by atoms with Crippen molar-refractivity contribution in [3.8, 4) is 0 Å². The van der Waals surface area contributed by atoms with Crippen molar-refractivity contribution in [3.63, 3.8) is 0 Å². The number of rotatable bonds is 5. The van der Waals surface area contributed by atoms with Crippen molar-refractivity contribution >= 4 is 11.3 Å². The summed E-state index contributed by atoms with van der Waals surface area (Å²) in [5.74, 6) is 0.997. The first kappa shape index (κ1) is 14.8. The Labute approximate surface area is 129 Å². The first-order valence-electron chi connectivity index (χ1n) is 7.64. The molecule has 0 saturated heterocycles. The van der Waals surface area contributed by atoms with E-state index in [0.29, 0.717) is 6.54 Å². The van der Waals surface area contributed by atoms with Crippen molar-refractivity contribution < 1.29 is 5.11 Å². The Kier molecular flexibility index (Phi) is 4.42. The summed E-state index contributed by atoms with van der Waals surface area (Å²) in [7, 11) is 2.01. The minimum absolute atomic E-state index is 0.0518. The zero-order valence-corrected chi connectivity index (χ0v) is 13.3.